The highest BCUT2D eigenvalue weighted by atomic mass is 35.5. The van der Waals surface area contributed by atoms with Gasteiger partial charge < -0.3 is 14.8 Å². The van der Waals surface area contributed by atoms with E-state index in [-0.39, 0.29) is 11.8 Å². The fraction of sp³-hybridized carbons (Fsp3) is 0.227. The Hall–Kier alpha value is -3.12. The number of carbonyl (C=O) groups is 2. The van der Waals surface area contributed by atoms with E-state index >= 15 is 0 Å². The van der Waals surface area contributed by atoms with Crippen LogP contribution in [-0.4, -0.2) is 33.3 Å². The molecule has 0 bridgehead atoms. The first-order valence-corrected chi connectivity index (χ1v) is 9.74. The Morgan fingerprint density at radius 1 is 1.38 bits per heavy atom. The molecule has 1 N–H and O–H groups in total. The van der Waals surface area contributed by atoms with E-state index < -0.39 is 0 Å². The number of likely N-dealkylation sites (N-methyl/N-ethyl adjacent to an activating group) is 1. The highest BCUT2D eigenvalue weighted by Crippen LogP contribution is 2.28. The Kier molecular flexibility index (Phi) is 5.11. The molecule has 1 aromatic carbocycles. The van der Waals surface area contributed by atoms with Gasteiger partial charge in [-0.05, 0) is 41.3 Å². The van der Waals surface area contributed by atoms with E-state index in [4.69, 9.17) is 11.6 Å². The zero-order valence-corrected chi connectivity index (χ0v) is 17.0. The predicted molar refractivity (Wildman–Crippen MR) is 115 cm³/mol. The lowest BCUT2D eigenvalue weighted by atomic mass is 10.0. The molecule has 4 rings (SSSR count). The third kappa shape index (κ3) is 3.89. The van der Waals surface area contributed by atoms with Crippen LogP contribution < -0.4 is 5.32 Å². The van der Waals surface area contributed by atoms with Crippen LogP contribution in [0.4, 0.5) is 5.82 Å². The van der Waals surface area contributed by atoms with Crippen LogP contribution in [-0.2, 0) is 29.6 Å². The normalized spacial score (nSPS) is 13.6. The van der Waals surface area contributed by atoms with Gasteiger partial charge in [0.1, 0.15) is 5.82 Å². The lowest BCUT2D eigenvalue weighted by Crippen LogP contribution is -2.24. The SMILES string of the molecule is CN(Cc1cn(C)c2c(Cl)cccc12)C(=O)/C=C/c1cnc2c(c1)CCC(=O)N2. The molecule has 0 atom stereocenters. The van der Waals surface area contributed by atoms with Crippen molar-refractivity contribution in [3.8, 4) is 0 Å². The topological polar surface area (TPSA) is 67.2 Å². The number of hydrogen-bond acceptors (Lipinski definition) is 3. The van der Waals surface area contributed by atoms with Crippen LogP contribution in [0.15, 0.2) is 42.7 Å². The number of pyridine rings is 1. The number of benzene rings is 1. The summed E-state index contributed by atoms with van der Waals surface area (Å²) in [7, 11) is 3.72. The zero-order valence-electron chi connectivity index (χ0n) is 16.3. The summed E-state index contributed by atoms with van der Waals surface area (Å²) in [6, 6.07) is 7.76. The minimum absolute atomic E-state index is 0.0141. The Morgan fingerprint density at radius 2 is 2.21 bits per heavy atom. The molecule has 3 heterocycles. The maximum atomic E-state index is 12.6. The molecule has 0 aliphatic carbocycles. The smallest absolute Gasteiger partial charge is 0.246 e. The summed E-state index contributed by atoms with van der Waals surface area (Å²) in [5.41, 5.74) is 3.83. The maximum Gasteiger partial charge on any atom is 0.246 e. The number of aryl methyl sites for hydroxylation is 2. The predicted octanol–water partition coefficient (Wildman–Crippen LogP) is 3.78. The molecular weight excluding hydrogens is 388 g/mol. The van der Waals surface area contributed by atoms with Gasteiger partial charge in [-0.25, -0.2) is 4.98 Å². The van der Waals surface area contributed by atoms with Gasteiger partial charge in [-0.1, -0.05) is 23.7 Å². The number of para-hydroxylation sites is 1. The summed E-state index contributed by atoms with van der Waals surface area (Å²) in [6.45, 7) is 0.481. The number of amides is 2. The van der Waals surface area contributed by atoms with Crippen molar-refractivity contribution in [3.05, 3.63) is 64.4 Å². The minimum Gasteiger partial charge on any atom is -0.349 e. The molecule has 7 heteroatoms. The number of hydrogen-bond donors (Lipinski definition) is 1. The Bertz CT molecular complexity index is 1150. The number of halogens is 1. The molecule has 6 nitrogen and oxygen atoms in total. The number of nitrogens with zero attached hydrogens (tertiary/aromatic N) is 3. The van der Waals surface area contributed by atoms with Crippen molar-refractivity contribution in [1.29, 1.82) is 0 Å². The van der Waals surface area contributed by atoms with Gasteiger partial charge in [-0.15, -0.1) is 0 Å². The van der Waals surface area contributed by atoms with Gasteiger partial charge in [0.05, 0.1) is 10.5 Å². The second-order valence-electron chi connectivity index (χ2n) is 7.25. The summed E-state index contributed by atoms with van der Waals surface area (Å²) in [5.74, 6) is 0.492. The van der Waals surface area contributed by atoms with Crippen molar-refractivity contribution < 1.29 is 9.59 Å². The first-order chi connectivity index (χ1) is 13.9. The van der Waals surface area contributed by atoms with Crippen LogP contribution in [0.25, 0.3) is 17.0 Å². The first kappa shape index (κ1) is 19.2. The van der Waals surface area contributed by atoms with E-state index in [0.717, 1.165) is 27.6 Å². The van der Waals surface area contributed by atoms with E-state index in [0.29, 0.717) is 30.2 Å². The summed E-state index contributed by atoms with van der Waals surface area (Å²) >= 11 is 6.31. The van der Waals surface area contributed by atoms with E-state index in [9.17, 15) is 9.59 Å². The zero-order chi connectivity index (χ0) is 20.5. The number of rotatable bonds is 4. The second-order valence-corrected chi connectivity index (χ2v) is 7.66. The summed E-state index contributed by atoms with van der Waals surface area (Å²) in [5, 5.41) is 4.50. The maximum absolute atomic E-state index is 12.6. The molecule has 1 aliphatic rings. The van der Waals surface area contributed by atoms with Gasteiger partial charge in [0.15, 0.2) is 0 Å². The molecule has 0 radical (unpaired) electrons. The second kappa shape index (κ2) is 7.72. The molecule has 0 unspecified atom stereocenters. The van der Waals surface area contributed by atoms with Crippen molar-refractivity contribution in [1.82, 2.24) is 14.5 Å². The summed E-state index contributed by atoms with van der Waals surface area (Å²) < 4.78 is 1.98. The van der Waals surface area contributed by atoms with Crippen LogP contribution >= 0.6 is 11.6 Å². The number of nitrogens with one attached hydrogen (secondary N) is 1. The average molecular weight is 409 g/mol. The molecule has 0 spiro atoms. The Morgan fingerprint density at radius 3 is 3.03 bits per heavy atom. The lowest BCUT2D eigenvalue weighted by Gasteiger charge is -2.16. The molecule has 0 fully saturated rings. The number of fused-ring (bicyclic) bond motifs is 2. The van der Waals surface area contributed by atoms with Crippen molar-refractivity contribution in [2.45, 2.75) is 19.4 Å². The average Bonchev–Trinajstić information content (AvgIpc) is 3.02. The molecule has 29 heavy (non-hydrogen) atoms. The highest BCUT2D eigenvalue weighted by Gasteiger charge is 2.16. The molecule has 148 valence electrons. The Balaban J connectivity index is 1.48. The minimum atomic E-state index is -0.102. The molecule has 0 saturated heterocycles. The van der Waals surface area contributed by atoms with Gasteiger partial charge >= 0.3 is 0 Å². The molecule has 0 saturated carbocycles. The van der Waals surface area contributed by atoms with Crippen LogP contribution in [0.1, 0.15) is 23.1 Å². The quantitative estimate of drug-likeness (QED) is 0.668. The number of anilines is 1. The molecule has 1 aliphatic heterocycles. The summed E-state index contributed by atoms with van der Waals surface area (Å²) in [4.78, 5) is 30.0. The van der Waals surface area contributed by atoms with Gasteiger partial charge in [-0.3, -0.25) is 9.59 Å². The molecule has 3 aromatic rings. The van der Waals surface area contributed by atoms with Crippen LogP contribution in [0.5, 0.6) is 0 Å². The number of carbonyl (C=O) groups excluding carboxylic acids is 2. The molecular formula is C22H21ClN4O2. The lowest BCUT2D eigenvalue weighted by molar-refractivity contribution is -0.125. The van der Waals surface area contributed by atoms with Crippen LogP contribution in [0.2, 0.25) is 5.02 Å². The number of aromatic nitrogens is 2. The Labute approximate surface area is 173 Å². The highest BCUT2D eigenvalue weighted by molar-refractivity contribution is 6.35. The third-order valence-corrected chi connectivity index (χ3v) is 5.41. The van der Waals surface area contributed by atoms with Crippen LogP contribution in [0.3, 0.4) is 0 Å². The van der Waals surface area contributed by atoms with Gasteiger partial charge in [0.25, 0.3) is 0 Å². The van der Waals surface area contributed by atoms with Crippen molar-refractivity contribution >= 4 is 46.2 Å². The van der Waals surface area contributed by atoms with Crippen LogP contribution in [0, 0.1) is 0 Å². The van der Waals surface area contributed by atoms with Gasteiger partial charge in [0, 0.05) is 50.9 Å². The fourth-order valence-corrected chi connectivity index (χ4v) is 3.93. The van der Waals surface area contributed by atoms with Crippen molar-refractivity contribution in [2.75, 3.05) is 12.4 Å². The fourth-order valence-electron chi connectivity index (χ4n) is 3.62. The standard InChI is InChI=1S/C22H21ClN4O2/c1-26(12-16-13-27(2)21-17(16)4-3-5-18(21)23)20(29)9-6-14-10-15-7-8-19(28)25-22(15)24-11-14/h3-6,9-11,13H,7-8,12H2,1-2H3,(H,24,25,28)/b9-6+. The van der Waals surface area contributed by atoms with Crippen molar-refractivity contribution in [3.63, 3.8) is 0 Å². The van der Waals surface area contributed by atoms with Gasteiger partial charge in [0.2, 0.25) is 11.8 Å². The largest absolute Gasteiger partial charge is 0.349 e. The van der Waals surface area contributed by atoms with E-state index in [1.54, 1.807) is 30.3 Å². The third-order valence-electron chi connectivity index (χ3n) is 5.10. The van der Waals surface area contributed by atoms with E-state index in [1.807, 2.05) is 42.1 Å². The molecule has 2 amide bonds. The molecule has 2 aromatic heterocycles. The van der Waals surface area contributed by atoms with Crippen molar-refractivity contribution in [2.24, 2.45) is 7.05 Å². The van der Waals surface area contributed by atoms with E-state index in [1.165, 1.54) is 0 Å². The monoisotopic (exact) mass is 408 g/mol. The van der Waals surface area contributed by atoms with E-state index in [2.05, 4.69) is 10.3 Å². The first-order valence-electron chi connectivity index (χ1n) is 9.37. The summed E-state index contributed by atoms with van der Waals surface area (Å²) in [6.07, 6.45) is 8.07. The van der Waals surface area contributed by atoms with Gasteiger partial charge in [-0.2, -0.15) is 0 Å².